The van der Waals surface area contributed by atoms with Gasteiger partial charge < -0.3 is 13.9 Å². The molecule has 0 unspecified atom stereocenters. The van der Waals surface area contributed by atoms with E-state index in [-0.39, 0.29) is 65.8 Å². The van der Waals surface area contributed by atoms with Crippen molar-refractivity contribution in [3.8, 4) is 62.1 Å². The molecule has 3 heterocycles. The van der Waals surface area contributed by atoms with Crippen LogP contribution in [0.5, 0.6) is 11.5 Å². The Hall–Kier alpha value is -7.33. The van der Waals surface area contributed by atoms with E-state index in [2.05, 4.69) is 224 Å². The molecule has 80 heavy (non-hydrogen) atoms. The fourth-order valence-electron chi connectivity index (χ4n) is 10.5. The molecule has 11 aromatic rings. The quantitative estimate of drug-likeness (QED) is 0.112. The van der Waals surface area contributed by atoms with Gasteiger partial charge in [-0.05, 0) is 124 Å². The van der Waals surface area contributed by atoms with Crippen molar-refractivity contribution in [3.05, 3.63) is 222 Å². The minimum Gasteiger partial charge on any atom is -0.510 e. The van der Waals surface area contributed by atoms with Crippen LogP contribution < -0.4 is 9.30 Å². The van der Waals surface area contributed by atoms with E-state index < -0.39 is 18.1 Å². The summed E-state index contributed by atoms with van der Waals surface area (Å²) in [6.45, 7) is 33.4. The third kappa shape index (κ3) is 10.9. The maximum absolute atomic E-state index is 9.44. The molecule has 0 amide bonds. The van der Waals surface area contributed by atoms with Gasteiger partial charge in [-0.2, -0.15) is 18.2 Å². The summed E-state index contributed by atoms with van der Waals surface area (Å²) in [4.78, 5) is 4.89. The predicted molar refractivity (Wildman–Crippen MR) is 330 cm³/mol. The van der Waals surface area contributed by atoms with Gasteiger partial charge in [-0.1, -0.05) is 225 Å². The van der Waals surface area contributed by atoms with Gasteiger partial charge in [-0.25, -0.2) is 4.98 Å². The third-order valence-corrected chi connectivity index (χ3v) is 15.3. The zero-order chi connectivity index (χ0) is 60.3. The molecule has 0 saturated carbocycles. The Balaban J connectivity index is 0.00000803. The molecular weight excluding hydrogens is 1160 g/mol. The van der Waals surface area contributed by atoms with Gasteiger partial charge >= 0.3 is 0 Å². The summed E-state index contributed by atoms with van der Waals surface area (Å²) < 4.78 is 58.3. The van der Waals surface area contributed by atoms with Crippen LogP contribution in [0, 0.1) is 18.5 Å². The van der Waals surface area contributed by atoms with E-state index in [9.17, 15) is 2.74 Å². The Morgan fingerprint density at radius 2 is 1.05 bits per heavy atom. The standard InChI is InChI=1S/C74H74N4O.Pt/c1-70(2,3)52-35-36-75-68(44-52)78-64-30-20-19-27-62(64)63-33-32-59(46-66(63)78)79-58-26-21-25-57(45-58)76-47-77(65-34-31-49(41-67(65)76)50-37-53(71(4,5)6)42-54(38-50)72(7,8)9)69-60(48-23-17-16-18-24-48)28-22-29-61(69)51-39-55(73(10,11)12)43-56(40-51)74(13,14)15;/h16-44H,1-15H3;/q-2;/i16D,17D,18D,23D,24D;. The van der Waals surface area contributed by atoms with Crippen LogP contribution in [-0.4, -0.2) is 14.1 Å². The van der Waals surface area contributed by atoms with E-state index in [4.69, 9.17) is 13.8 Å². The van der Waals surface area contributed by atoms with Crippen LogP contribution in [0.2, 0.25) is 0 Å². The Morgan fingerprint density at radius 3 is 1.68 bits per heavy atom. The van der Waals surface area contributed by atoms with Crippen LogP contribution in [-0.2, 0) is 48.1 Å². The molecule has 0 radical (unpaired) electrons. The van der Waals surface area contributed by atoms with Crippen molar-refractivity contribution in [2.24, 2.45) is 0 Å². The molecule has 11 rings (SSSR count). The maximum Gasteiger partial charge on any atom is 0.268 e. The Bertz CT molecular complexity index is 4350. The van der Waals surface area contributed by atoms with Crippen molar-refractivity contribution >= 4 is 32.8 Å². The van der Waals surface area contributed by atoms with E-state index in [1.807, 2.05) is 57.8 Å². The largest absolute Gasteiger partial charge is 0.510 e. The average Bonchev–Trinajstić information content (AvgIpc) is 2.51. The Morgan fingerprint density at radius 1 is 0.475 bits per heavy atom. The molecule has 8 aromatic carbocycles. The van der Waals surface area contributed by atoms with Gasteiger partial charge in [0, 0.05) is 44.3 Å². The second-order valence-corrected chi connectivity index (χ2v) is 26.4. The van der Waals surface area contributed by atoms with Crippen LogP contribution >= 0.6 is 0 Å². The number of aromatic nitrogens is 4. The first-order valence-electron chi connectivity index (χ1n) is 30.0. The molecule has 0 aliphatic heterocycles. The van der Waals surface area contributed by atoms with Gasteiger partial charge in [-0.15, -0.1) is 29.7 Å². The number of imidazole rings is 1. The van der Waals surface area contributed by atoms with Gasteiger partial charge in [0.2, 0.25) is 0 Å². The zero-order valence-corrected chi connectivity index (χ0v) is 51.1. The number of para-hydroxylation sites is 2. The van der Waals surface area contributed by atoms with Gasteiger partial charge in [0.25, 0.3) is 6.33 Å². The molecule has 3 aromatic heterocycles. The number of fused-ring (bicyclic) bond motifs is 4. The van der Waals surface area contributed by atoms with Crippen LogP contribution in [0.15, 0.2) is 176 Å². The van der Waals surface area contributed by atoms with Gasteiger partial charge in [-0.3, -0.25) is 4.57 Å². The summed E-state index contributed by atoms with van der Waals surface area (Å²) in [6.07, 6.45) is 5.68. The summed E-state index contributed by atoms with van der Waals surface area (Å²) in [6, 6.07) is 53.9. The van der Waals surface area contributed by atoms with Crippen molar-refractivity contribution in [2.75, 3.05) is 0 Å². The van der Waals surface area contributed by atoms with Crippen molar-refractivity contribution in [1.82, 2.24) is 14.1 Å². The summed E-state index contributed by atoms with van der Waals surface area (Å²) in [5, 5.41) is 2.11. The van der Waals surface area contributed by atoms with Crippen molar-refractivity contribution < 1.29 is 37.2 Å². The molecule has 0 atom stereocenters. The number of benzene rings is 8. The first-order valence-corrected chi connectivity index (χ1v) is 27.5. The van der Waals surface area contributed by atoms with Gasteiger partial charge in [0.1, 0.15) is 5.82 Å². The second-order valence-electron chi connectivity index (χ2n) is 26.4. The summed E-state index contributed by atoms with van der Waals surface area (Å²) >= 11 is 0. The minimum atomic E-state index is -0.451. The first-order chi connectivity index (χ1) is 39.4. The number of hydrogen-bond acceptors (Lipinski definition) is 2. The van der Waals surface area contributed by atoms with Gasteiger partial charge in [0.15, 0.2) is 0 Å². The molecule has 0 fully saturated rings. The molecule has 0 N–H and O–H groups in total. The van der Waals surface area contributed by atoms with Gasteiger partial charge in [0.05, 0.1) is 23.6 Å². The molecule has 0 bridgehead atoms. The maximum atomic E-state index is 9.44. The van der Waals surface area contributed by atoms with Crippen molar-refractivity contribution in [1.29, 1.82) is 0 Å². The molecule has 408 valence electrons. The fourth-order valence-corrected chi connectivity index (χ4v) is 10.5. The minimum absolute atomic E-state index is 0. The molecule has 5 nitrogen and oxygen atoms in total. The molecule has 0 spiro atoms. The number of ether oxygens (including phenoxy) is 1. The molecule has 0 aliphatic rings. The monoisotopic (exact) mass is 1230 g/mol. The summed E-state index contributed by atoms with van der Waals surface area (Å²) in [7, 11) is 0. The fraction of sp³-hybridized carbons (Fsp3) is 0.270. The van der Waals surface area contributed by atoms with Crippen molar-refractivity contribution in [3.63, 3.8) is 0 Å². The van der Waals surface area contributed by atoms with Crippen LogP contribution in [0.3, 0.4) is 0 Å². The smallest absolute Gasteiger partial charge is 0.268 e. The predicted octanol–water partition coefficient (Wildman–Crippen LogP) is 19.1. The Kier molecular flexibility index (Phi) is 12.8. The second kappa shape index (κ2) is 20.6. The topological polar surface area (TPSA) is 35.9 Å². The van der Waals surface area contributed by atoms with Crippen LogP contribution in [0.4, 0.5) is 0 Å². The van der Waals surface area contributed by atoms with Crippen molar-refractivity contribution in [2.45, 2.75) is 131 Å². The SMILES string of the molecule is [2H]c1c([2H])c([2H])c(-c2cccc(-c3cc(C(C)(C)C)cc(C(C)(C)C)c3)c2-[n+]2[c-]n(-c3[c-]c(Oc4[c-]c5c(cc4)c4ccccc4n5-c4cc(C(C)(C)C)ccn4)ccc3)c3cc(-c4cc(C(C)(C)C)cc(C(C)(C)C)c4)ccc32)c([2H])c1[2H].[Pt]. The zero-order valence-electron chi connectivity index (χ0n) is 53.9. The van der Waals surface area contributed by atoms with Crippen LogP contribution in [0.1, 0.15) is 139 Å². The van der Waals surface area contributed by atoms with Crippen LogP contribution in [0.25, 0.3) is 83.4 Å². The number of rotatable bonds is 8. The first kappa shape index (κ1) is 49.7. The number of nitrogens with zero attached hydrogens (tertiary/aromatic N) is 4. The third-order valence-electron chi connectivity index (χ3n) is 15.3. The average molecular weight is 1240 g/mol. The number of hydrogen-bond donors (Lipinski definition) is 0. The summed E-state index contributed by atoms with van der Waals surface area (Å²) in [5.41, 5.74) is 14.2. The molecule has 0 aliphatic carbocycles. The molecule has 0 saturated heterocycles. The van der Waals surface area contributed by atoms with E-state index in [1.165, 1.54) is 16.7 Å². The summed E-state index contributed by atoms with van der Waals surface area (Å²) in [5.74, 6) is 1.76. The normalized spacial score (nSPS) is 13.5. The molecule has 6 heteroatoms. The molecular formula is C74H74N4OPt-2. The van der Waals surface area contributed by atoms with E-state index in [1.54, 1.807) is 0 Å². The van der Waals surface area contributed by atoms with E-state index in [0.717, 1.165) is 72.0 Å². The van der Waals surface area contributed by atoms with E-state index in [0.29, 0.717) is 28.4 Å². The number of pyridine rings is 1. The van der Waals surface area contributed by atoms with E-state index >= 15 is 0 Å². The Labute approximate surface area is 496 Å².